The number of benzene rings is 2. The summed E-state index contributed by atoms with van der Waals surface area (Å²) < 4.78 is 5.09. The van der Waals surface area contributed by atoms with Gasteiger partial charge in [-0.05, 0) is 41.8 Å². The van der Waals surface area contributed by atoms with Crippen LogP contribution in [0.25, 0.3) is 0 Å². The summed E-state index contributed by atoms with van der Waals surface area (Å²) in [7, 11) is 1.62. The van der Waals surface area contributed by atoms with Crippen molar-refractivity contribution in [1.82, 2.24) is 5.32 Å². The van der Waals surface area contributed by atoms with Crippen LogP contribution in [0.15, 0.2) is 48.5 Å². The molecule has 0 aliphatic rings. The second kappa shape index (κ2) is 7.33. The van der Waals surface area contributed by atoms with Gasteiger partial charge in [0.15, 0.2) is 0 Å². The van der Waals surface area contributed by atoms with Crippen LogP contribution in [-0.4, -0.2) is 19.6 Å². The number of hydrogen-bond acceptors (Lipinski definition) is 3. The number of ether oxygens (including phenoxy) is 1. The van der Waals surface area contributed by atoms with Crippen LogP contribution in [0, 0.1) is 0 Å². The highest BCUT2D eigenvalue weighted by Gasteiger charge is 2.03. The molecule has 0 saturated carbocycles. The van der Waals surface area contributed by atoms with E-state index in [1.54, 1.807) is 7.11 Å². The number of hydrogen-bond donors (Lipinski definition) is 2. The Hall–Kier alpha value is -2.49. The first-order valence-electron chi connectivity index (χ1n) is 6.91. The lowest BCUT2D eigenvalue weighted by atomic mass is 10.1. The highest BCUT2D eigenvalue weighted by Crippen LogP contribution is 2.11. The summed E-state index contributed by atoms with van der Waals surface area (Å²) in [5.74, 6) is 0.818. The number of nitrogens with two attached hydrogens (primary N) is 1. The third-order valence-electron chi connectivity index (χ3n) is 3.24. The van der Waals surface area contributed by atoms with Gasteiger partial charge in [-0.25, -0.2) is 0 Å². The summed E-state index contributed by atoms with van der Waals surface area (Å²) in [5.41, 5.74) is 8.52. The molecule has 2 aromatic carbocycles. The lowest BCUT2D eigenvalue weighted by Crippen LogP contribution is -2.27. The normalized spacial score (nSPS) is 10.1. The lowest BCUT2D eigenvalue weighted by Gasteiger charge is -2.06. The van der Waals surface area contributed by atoms with Crippen LogP contribution in [0.3, 0.4) is 0 Å². The summed E-state index contributed by atoms with van der Waals surface area (Å²) in [4.78, 5) is 11.8. The van der Waals surface area contributed by atoms with Crippen molar-refractivity contribution in [1.29, 1.82) is 0 Å². The Morgan fingerprint density at radius 2 is 1.67 bits per heavy atom. The number of nitrogens with one attached hydrogen (secondary N) is 1. The van der Waals surface area contributed by atoms with Crippen LogP contribution in [0.4, 0.5) is 5.69 Å². The van der Waals surface area contributed by atoms with Crippen molar-refractivity contribution in [2.24, 2.45) is 0 Å². The van der Waals surface area contributed by atoms with E-state index in [1.165, 1.54) is 0 Å². The van der Waals surface area contributed by atoms with E-state index in [2.05, 4.69) is 5.32 Å². The molecule has 0 aromatic heterocycles. The summed E-state index contributed by atoms with van der Waals surface area (Å²) in [5, 5.41) is 2.92. The maximum absolute atomic E-state index is 11.8. The molecule has 0 bridgehead atoms. The number of anilines is 1. The highest BCUT2D eigenvalue weighted by molar-refractivity contribution is 5.78. The second-order valence-corrected chi connectivity index (χ2v) is 4.87. The predicted molar refractivity (Wildman–Crippen MR) is 84.3 cm³/mol. The fraction of sp³-hybridized carbons (Fsp3) is 0.235. The van der Waals surface area contributed by atoms with Gasteiger partial charge >= 0.3 is 0 Å². The Balaban J connectivity index is 1.75. The number of methoxy groups -OCH3 is 1. The molecular formula is C17H20N2O2. The van der Waals surface area contributed by atoms with Gasteiger partial charge in [0, 0.05) is 12.2 Å². The van der Waals surface area contributed by atoms with Crippen molar-refractivity contribution in [2.45, 2.75) is 12.8 Å². The number of amides is 1. The number of nitrogen functional groups attached to an aromatic ring is 1. The predicted octanol–water partition coefficient (Wildman–Crippen LogP) is 2.18. The molecule has 0 spiro atoms. The number of carbonyl (C=O) groups is 1. The van der Waals surface area contributed by atoms with Crippen molar-refractivity contribution in [3.63, 3.8) is 0 Å². The van der Waals surface area contributed by atoms with Gasteiger partial charge < -0.3 is 15.8 Å². The maximum Gasteiger partial charge on any atom is 0.224 e. The van der Waals surface area contributed by atoms with Crippen molar-refractivity contribution < 1.29 is 9.53 Å². The van der Waals surface area contributed by atoms with E-state index in [0.717, 1.165) is 29.0 Å². The van der Waals surface area contributed by atoms with Crippen molar-refractivity contribution in [3.05, 3.63) is 59.7 Å². The Morgan fingerprint density at radius 3 is 2.29 bits per heavy atom. The highest BCUT2D eigenvalue weighted by atomic mass is 16.5. The largest absolute Gasteiger partial charge is 0.497 e. The van der Waals surface area contributed by atoms with Crippen LogP contribution in [0.1, 0.15) is 11.1 Å². The topological polar surface area (TPSA) is 64.3 Å². The monoisotopic (exact) mass is 284 g/mol. The third kappa shape index (κ3) is 4.84. The van der Waals surface area contributed by atoms with Crippen molar-refractivity contribution >= 4 is 11.6 Å². The standard InChI is InChI=1S/C17H20N2O2/c1-21-16-8-4-14(5-9-16)12-17(20)19-11-10-13-2-6-15(18)7-3-13/h2-9H,10-12,18H2,1H3,(H,19,20). The molecule has 2 rings (SSSR count). The summed E-state index contributed by atoms with van der Waals surface area (Å²) in [6.07, 6.45) is 1.18. The van der Waals surface area contributed by atoms with Gasteiger partial charge in [-0.2, -0.15) is 0 Å². The quantitative estimate of drug-likeness (QED) is 0.799. The van der Waals surface area contributed by atoms with Crippen molar-refractivity contribution in [3.8, 4) is 5.75 Å². The minimum absolute atomic E-state index is 0.0237. The lowest BCUT2D eigenvalue weighted by molar-refractivity contribution is -0.120. The van der Waals surface area contributed by atoms with Gasteiger partial charge in [0.25, 0.3) is 0 Å². The zero-order valence-corrected chi connectivity index (χ0v) is 12.1. The van der Waals surface area contributed by atoms with Gasteiger partial charge in [0.2, 0.25) is 5.91 Å². The fourth-order valence-corrected chi connectivity index (χ4v) is 2.02. The molecule has 3 N–H and O–H groups in total. The molecular weight excluding hydrogens is 264 g/mol. The van der Waals surface area contributed by atoms with E-state index >= 15 is 0 Å². The molecule has 0 aliphatic heterocycles. The molecule has 0 aliphatic carbocycles. The Kier molecular flexibility index (Phi) is 5.21. The van der Waals surface area contributed by atoms with E-state index in [4.69, 9.17) is 10.5 Å². The molecule has 0 heterocycles. The molecule has 4 nitrogen and oxygen atoms in total. The van der Waals surface area contributed by atoms with Gasteiger partial charge in [0.1, 0.15) is 5.75 Å². The molecule has 0 radical (unpaired) electrons. The van der Waals surface area contributed by atoms with E-state index in [0.29, 0.717) is 13.0 Å². The summed E-state index contributed by atoms with van der Waals surface area (Å²) >= 11 is 0. The Labute approximate surface area is 124 Å². The zero-order valence-electron chi connectivity index (χ0n) is 12.1. The molecule has 0 fully saturated rings. The summed E-state index contributed by atoms with van der Waals surface area (Å²) in [6.45, 7) is 0.624. The average molecular weight is 284 g/mol. The van der Waals surface area contributed by atoms with Crippen LogP contribution >= 0.6 is 0 Å². The van der Waals surface area contributed by atoms with E-state index in [1.807, 2.05) is 48.5 Å². The molecule has 110 valence electrons. The summed E-state index contributed by atoms with van der Waals surface area (Å²) in [6, 6.07) is 15.2. The average Bonchev–Trinajstić information content (AvgIpc) is 2.50. The molecule has 0 saturated heterocycles. The van der Waals surface area contributed by atoms with Gasteiger partial charge in [-0.15, -0.1) is 0 Å². The first kappa shape index (κ1) is 14.9. The third-order valence-corrected chi connectivity index (χ3v) is 3.24. The zero-order chi connectivity index (χ0) is 15.1. The maximum atomic E-state index is 11.8. The number of carbonyl (C=O) groups excluding carboxylic acids is 1. The first-order valence-corrected chi connectivity index (χ1v) is 6.91. The fourth-order valence-electron chi connectivity index (χ4n) is 2.02. The molecule has 1 amide bonds. The second-order valence-electron chi connectivity index (χ2n) is 4.87. The number of rotatable bonds is 6. The molecule has 0 atom stereocenters. The van der Waals surface area contributed by atoms with Crippen LogP contribution in [-0.2, 0) is 17.6 Å². The van der Waals surface area contributed by atoms with Gasteiger partial charge in [-0.1, -0.05) is 24.3 Å². The SMILES string of the molecule is COc1ccc(CC(=O)NCCc2ccc(N)cc2)cc1. The smallest absolute Gasteiger partial charge is 0.224 e. The Bertz CT molecular complexity index is 577. The van der Waals surface area contributed by atoms with Crippen LogP contribution < -0.4 is 15.8 Å². The van der Waals surface area contributed by atoms with E-state index in [9.17, 15) is 4.79 Å². The minimum Gasteiger partial charge on any atom is -0.497 e. The molecule has 2 aromatic rings. The van der Waals surface area contributed by atoms with Crippen molar-refractivity contribution in [2.75, 3.05) is 19.4 Å². The van der Waals surface area contributed by atoms with Gasteiger partial charge in [0.05, 0.1) is 13.5 Å². The van der Waals surface area contributed by atoms with Crippen LogP contribution in [0.5, 0.6) is 5.75 Å². The van der Waals surface area contributed by atoms with Crippen LogP contribution in [0.2, 0.25) is 0 Å². The Morgan fingerprint density at radius 1 is 1.05 bits per heavy atom. The minimum atomic E-state index is 0.0237. The van der Waals surface area contributed by atoms with E-state index < -0.39 is 0 Å². The molecule has 0 unspecified atom stereocenters. The first-order chi connectivity index (χ1) is 10.2. The molecule has 4 heteroatoms. The molecule has 21 heavy (non-hydrogen) atoms. The van der Waals surface area contributed by atoms with E-state index in [-0.39, 0.29) is 5.91 Å². The van der Waals surface area contributed by atoms with Gasteiger partial charge in [-0.3, -0.25) is 4.79 Å².